The van der Waals surface area contributed by atoms with Gasteiger partial charge < -0.3 is 5.32 Å². The molecule has 0 atom stereocenters. The molecule has 1 aromatic heterocycles. The Labute approximate surface area is 171 Å². The van der Waals surface area contributed by atoms with E-state index in [1.807, 2.05) is 43.3 Å². The molecule has 0 spiro atoms. The molecule has 0 saturated carbocycles. The Kier molecular flexibility index (Phi) is 4.93. The number of para-hydroxylation sites is 1. The molecular formula is C23H16FN3O3. The number of amides is 1. The number of rotatable bonds is 4. The largest absolute Gasteiger partial charge is 0.322 e. The highest BCUT2D eigenvalue weighted by molar-refractivity contribution is 6.13. The van der Waals surface area contributed by atoms with E-state index in [1.165, 1.54) is 6.07 Å². The molecule has 4 rings (SSSR count). The van der Waals surface area contributed by atoms with E-state index in [4.69, 9.17) is 0 Å². The monoisotopic (exact) mass is 401 g/mol. The third-order valence-electron chi connectivity index (χ3n) is 4.68. The van der Waals surface area contributed by atoms with Crippen molar-refractivity contribution in [3.8, 4) is 11.3 Å². The number of nitrogens with zero attached hydrogens (tertiary/aromatic N) is 2. The fourth-order valence-electron chi connectivity index (χ4n) is 3.24. The van der Waals surface area contributed by atoms with Crippen molar-refractivity contribution in [2.45, 2.75) is 6.92 Å². The van der Waals surface area contributed by atoms with Crippen LogP contribution in [0.25, 0.3) is 22.2 Å². The summed E-state index contributed by atoms with van der Waals surface area (Å²) < 4.78 is 13.6. The highest BCUT2D eigenvalue weighted by Crippen LogP contribution is 2.27. The number of aromatic nitrogens is 1. The van der Waals surface area contributed by atoms with Crippen molar-refractivity contribution in [3.63, 3.8) is 0 Å². The van der Waals surface area contributed by atoms with Crippen LogP contribution in [-0.2, 0) is 0 Å². The predicted octanol–water partition coefficient (Wildman–Crippen LogP) is 5.51. The van der Waals surface area contributed by atoms with E-state index in [2.05, 4.69) is 10.3 Å². The second-order valence-corrected chi connectivity index (χ2v) is 6.82. The Bertz CT molecular complexity index is 1300. The minimum atomic E-state index is -0.964. The van der Waals surface area contributed by atoms with Crippen LogP contribution in [0, 0.1) is 22.9 Å². The summed E-state index contributed by atoms with van der Waals surface area (Å²) in [6.07, 6.45) is 0. The van der Waals surface area contributed by atoms with E-state index in [0.29, 0.717) is 22.2 Å². The van der Waals surface area contributed by atoms with Crippen LogP contribution < -0.4 is 5.32 Å². The lowest BCUT2D eigenvalue weighted by molar-refractivity contribution is -0.387. The number of carbonyl (C=O) groups is 1. The molecule has 0 saturated heterocycles. The van der Waals surface area contributed by atoms with E-state index < -0.39 is 22.3 Å². The molecule has 0 radical (unpaired) electrons. The van der Waals surface area contributed by atoms with Gasteiger partial charge in [0.15, 0.2) is 0 Å². The number of pyridine rings is 1. The van der Waals surface area contributed by atoms with Gasteiger partial charge in [-0.2, -0.15) is 4.39 Å². The van der Waals surface area contributed by atoms with Crippen molar-refractivity contribution in [2.24, 2.45) is 0 Å². The fourth-order valence-corrected chi connectivity index (χ4v) is 3.24. The number of aryl methyl sites for hydroxylation is 1. The van der Waals surface area contributed by atoms with E-state index in [9.17, 15) is 19.3 Å². The number of carbonyl (C=O) groups excluding carboxylic acids is 1. The Morgan fingerprint density at radius 2 is 1.83 bits per heavy atom. The second kappa shape index (κ2) is 7.71. The van der Waals surface area contributed by atoms with Gasteiger partial charge >= 0.3 is 5.69 Å². The minimum absolute atomic E-state index is 0.131. The van der Waals surface area contributed by atoms with Gasteiger partial charge in [-0.1, -0.05) is 42.0 Å². The average Bonchev–Trinajstić information content (AvgIpc) is 2.74. The average molecular weight is 401 g/mol. The van der Waals surface area contributed by atoms with Crippen LogP contribution in [0.5, 0.6) is 0 Å². The number of fused-ring (bicyclic) bond motifs is 1. The summed E-state index contributed by atoms with van der Waals surface area (Å²) in [6.45, 7) is 1.97. The highest BCUT2D eigenvalue weighted by atomic mass is 19.1. The third kappa shape index (κ3) is 3.73. The van der Waals surface area contributed by atoms with Crippen molar-refractivity contribution in [1.29, 1.82) is 0 Å². The molecule has 1 heterocycles. The summed E-state index contributed by atoms with van der Waals surface area (Å²) in [5.74, 6) is -1.43. The predicted molar refractivity (Wildman–Crippen MR) is 113 cm³/mol. The van der Waals surface area contributed by atoms with E-state index in [0.717, 1.165) is 23.3 Å². The fraction of sp³-hybridized carbons (Fsp3) is 0.0435. The summed E-state index contributed by atoms with van der Waals surface area (Å²) >= 11 is 0. The van der Waals surface area contributed by atoms with Gasteiger partial charge in [0.25, 0.3) is 5.91 Å². The van der Waals surface area contributed by atoms with Crippen molar-refractivity contribution >= 4 is 28.2 Å². The molecule has 0 aliphatic rings. The molecule has 30 heavy (non-hydrogen) atoms. The molecule has 0 aliphatic heterocycles. The number of benzene rings is 3. The molecule has 4 aromatic rings. The number of halogens is 1. The molecule has 1 N–H and O–H groups in total. The molecule has 0 aliphatic carbocycles. The molecule has 7 heteroatoms. The van der Waals surface area contributed by atoms with Crippen LogP contribution in [0.4, 0.5) is 15.8 Å². The molecule has 1 amide bonds. The van der Waals surface area contributed by atoms with Crippen molar-refractivity contribution in [2.75, 3.05) is 5.32 Å². The first-order valence-corrected chi connectivity index (χ1v) is 9.14. The lowest BCUT2D eigenvalue weighted by Crippen LogP contribution is -2.13. The summed E-state index contributed by atoms with van der Waals surface area (Å²) in [7, 11) is 0. The maximum Gasteiger partial charge on any atom is 0.306 e. The van der Waals surface area contributed by atoms with Gasteiger partial charge in [-0.25, -0.2) is 4.98 Å². The Morgan fingerprint density at radius 3 is 2.60 bits per heavy atom. The number of hydrogen-bond acceptors (Lipinski definition) is 4. The molecule has 0 bridgehead atoms. The maximum absolute atomic E-state index is 13.6. The zero-order valence-corrected chi connectivity index (χ0v) is 15.9. The molecule has 3 aromatic carbocycles. The van der Waals surface area contributed by atoms with Crippen molar-refractivity contribution in [1.82, 2.24) is 4.98 Å². The normalized spacial score (nSPS) is 10.7. The van der Waals surface area contributed by atoms with Crippen LogP contribution in [0.1, 0.15) is 15.9 Å². The number of hydrogen-bond donors (Lipinski definition) is 1. The smallest absolute Gasteiger partial charge is 0.306 e. The highest BCUT2D eigenvalue weighted by Gasteiger charge is 2.18. The third-order valence-corrected chi connectivity index (χ3v) is 4.68. The number of nitrogens with one attached hydrogen (secondary N) is 1. The summed E-state index contributed by atoms with van der Waals surface area (Å²) in [4.78, 5) is 27.9. The van der Waals surface area contributed by atoms with Crippen LogP contribution in [0.3, 0.4) is 0 Å². The molecule has 6 nitrogen and oxygen atoms in total. The Morgan fingerprint density at radius 1 is 1.03 bits per heavy atom. The first kappa shape index (κ1) is 19.2. The van der Waals surface area contributed by atoms with Crippen LogP contribution >= 0.6 is 0 Å². The number of nitro groups is 1. The minimum Gasteiger partial charge on any atom is -0.322 e. The SMILES string of the molecule is Cc1cccc(-c2cc(C(=O)Nc3ccc(F)c([N+](=O)[O-])c3)c3ccccc3n2)c1. The van der Waals surface area contributed by atoms with Crippen molar-refractivity contribution in [3.05, 3.63) is 99.9 Å². The summed E-state index contributed by atoms with van der Waals surface area (Å²) in [5, 5.41) is 14.2. The Hall–Kier alpha value is -4.13. The standard InChI is InChI=1S/C23H16FN3O3/c1-14-5-4-6-15(11-14)21-13-18(17-7-2-3-8-20(17)26-21)23(28)25-16-9-10-19(24)22(12-16)27(29)30/h2-13H,1H3,(H,25,28). The molecule has 148 valence electrons. The van der Waals surface area contributed by atoms with Gasteiger partial charge in [0.1, 0.15) is 0 Å². The van der Waals surface area contributed by atoms with Gasteiger partial charge in [-0.15, -0.1) is 0 Å². The van der Waals surface area contributed by atoms with E-state index in [1.54, 1.807) is 18.2 Å². The molecular weight excluding hydrogens is 385 g/mol. The van der Waals surface area contributed by atoms with E-state index in [-0.39, 0.29) is 5.69 Å². The zero-order valence-electron chi connectivity index (χ0n) is 15.9. The van der Waals surface area contributed by atoms with Crippen LogP contribution in [-0.4, -0.2) is 15.8 Å². The van der Waals surface area contributed by atoms with Gasteiger partial charge in [0.05, 0.1) is 21.7 Å². The van der Waals surface area contributed by atoms with Gasteiger partial charge in [-0.3, -0.25) is 14.9 Å². The first-order chi connectivity index (χ1) is 14.4. The molecule has 0 unspecified atom stereocenters. The number of anilines is 1. The summed E-state index contributed by atoms with van der Waals surface area (Å²) in [6, 6.07) is 19.9. The quantitative estimate of drug-likeness (QED) is 0.361. The van der Waals surface area contributed by atoms with Gasteiger partial charge in [0, 0.05) is 22.7 Å². The lowest BCUT2D eigenvalue weighted by Gasteiger charge is -2.11. The second-order valence-electron chi connectivity index (χ2n) is 6.82. The zero-order chi connectivity index (χ0) is 21.3. The maximum atomic E-state index is 13.6. The first-order valence-electron chi connectivity index (χ1n) is 9.14. The summed E-state index contributed by atoms with van der Waals surface area (Å²) in [5.41, 5.74) is 3.00. The van der Waals surface area contributed by atoms with Gasteiger partial charge in [0.2, 0.25) is 5.82 Å². The van der Waals surface area contributed by atoms with Crippen molar-refractivity contribution < 1.29 is 14.1 Å². The van der Waals surface area contributed by atoms with Crippen LogP contribution in [0.2, 0.25) is 0 Å². The van der Waals surface area contributed by atoms with Gasteiger partial charge in [-0.05, 0) is 37.3 Å². The molecule has 0 fully saturated rings. The number of nitro benzene ring substituents is 1. The van der Waals surface area contributed by atoms with Crippen LogP contribution in [0.15, 0.2) is 72.8 Å². The lowest BCUT2D eigenvalue weighted by atomic mass is 10.0. The Balaban J connectivity index is 1.79. The van der Waals surface area contributed by atoms with E-state index >= 15 is 0 Å². The topological polar surface area (TPSA) is 85.1 Å².